The van der Waals surface area contributed by atoms with E-state index in [9.17, 15) is 13.2 Å². The maximum absolute atomic E-state index is 13.3. The van der Waals surface area contributed by atoms with Gasteiger partial charge in [-0.2, -0.15) is 4.31 Å². The average molecular weight is 417 g/mol. The number of rotatable bonds is 4. The monoisotopic (exact) mass is 416 g/mol. The molecule has 1 heterocycles. The zero-order valence-corrected chi connectivity index (χ0v) is 18.1. The fourth-order valence-electron chi connectivity index (χ4n) is 6.83. The third kappa shape index (κ3) is 3.52. The zero-order valence-electron chi connectivity index (χ0n) is 17.3. The van der Waals surface area contributed by atoms with E-state index in [4.69, 9.17) is 0 Å². The molecule has 1 aromatic rings. The molecule has 1 amide bonds. The molecular weight excluding hydrogens is 384 g/mol. The van der Waals surface area contributed by atoms with Crippen LogP contribution in [0.25, 0.3) is 0 Å². The first-order chi connectivity index (χ1) is 13.8. The highest BCUT2D eigenvalue weighted by atomic mass is 32.2. The summed E-state index contributed by atoms with van der Waals surface area (Å²) < 4.78 is 27.7. The lowest BCUT2D eigenvalue weighted by molar-refractivity contribution is -0.0167. The van der Waals surface area contributed by atoms with Crippen molar-refractivity contribution in [3.8, 4) is 0 Å². The summed E-state index contributed by atoms with van der Waals surface area (Å²) in [6.45, 7) is 3.04. The van der Waals surface area contributed by atoms with Gasteiger partial charge < -0.3 is 5.32 Å². The van der Waals surface area contributed by atoms with Crippen molar-refractivity contribution in [2.24, 2.45) is 17.8 Å². The fraction of sp³-hybridized carbons (Fsp3) is 0.696. The molecule has 5 aliphatic rings. The summed E-state index contributed by atoms with van der Waals surface area (Å²) in [4.78, 5) is 13.5. The van der Waals surface area contributed by atoms with E-state index in [2.05, 4.69) is 5.32 Å². The first-order valence-corrected chi connectivity index (χ1v) is 12.7. The van der Waals surface area contributed by atoms with Gasteiger partial charge in [-0.25, -0.2) is 8.42 Å². The van der Waals surface area contributed by atoms with Crippen molar-refractivity contribution < 1.29 is 13.2 Å². The Morgan fingerprint density at radius 3 is 2.17 bits per heavy atom. The molecule has 158 valence electrons. The van der Waals surface area contributed by atoms with E-state index in [-0.39, 0.29) is 16.3 Å². The number of benzene rings is 1. The summed E-state index contributed by atoms with van der Waals surface area (Å²) >= 11 is 0. The first kappa shape index (κ1) is 19.6. The largest absolute Gasteiger partial charge is 0.347 e. The summed E-state index contributed by atoms with van der Waals surface area (Å²) in [5, 5.41) is 3.39. The molecule has 4 aliphatic carbocycles. The topological polar surface area (TPSA) is 66.5 Å². The van der Waals surface area contributed by atoms with Gasteiger partial charge in [0.2, 0.25) is 10.0 Å². The number of amides is 1. The maximum atomic E-state index is 13.3. The van der Waals surface area contributed by atoms with Crippen LogP contribution in [0.1, 0.15) is 73.7 Å². The number of nitrogens with one attached hydrogen (secondary N) is 1. The van der Waals surface area contributed by atoms with Crippen LogP contribution in [0.4, 0.5) is 0 Å². The van der Waals surface area contributed by atoms with Gasteiger partial charge >= 0.3 is 0 Å². The SMILES string of the molecule is Cc1ccc(S(=O)(=O)N2CCCCC2)cc1C(=O)NC12CC3CC(CC(C3)C1)C2. The van der Waals surface area contributed by atoms with Crippen LogP contribution < -0.4 is 5.32 Å². The Balaban J connectivity index is 1.39. The normalized spacial score (nSPS) is 34.3. The molecule has 0 radical (unpaired) electrons. The highest BCUT2D eigenvalue weighted by Gasteiger charge is 2.51. The van der Waals surface area contributed by atoms with Crippen molar-refractivity contribution in [1.29, 1.82) is 0 Å². The van der Waals surface area contributed by atoms with E-state index < -0.39 is 10.0 Å². The van der Waals surface area contributed by atoms with Crippen molar-refractivity contribution in [2.75, 3.05) is 13.1 Å². The predicted octanol–water partition coefficient (Wildman–Crippen LogP) is 3.87. The molecule has 6 heteroatoms. The summed E-state index contributed by atoms with van der Waals surface area (Å²) in [7, 11) is -3.53. The summed E-state index contributed by atoms with van der Waals surface area (Å²) in [5.74, 6) is 2.18. The second-order valence-electron chi connectivity index (χ2n) is 10.1. The van der Waals surface area contributed by atoms with Crippen molar-refractivity contribution in [1.82, 2.24) is 9.62 Å². The van der Waals surface area contributed by atoms with Crippen molar-refractivity contribution in [2.45, 2.75) is 75.1 Å². The number of piperidine rings is 1. The van der Waals surface area contributed by atoms with E-state index in [1.54, 1.807) is 22.5 Å². The van der Waals surface area contributed by atoms with Crippen LogP contribution in [0.2, 0.25) is 0 Å². The molecule has 4 bridgehead atoms. The Bertz CT molecular complexity index is 883. The molecule has 29 heavy (non-hydrogen) atoms. The van der Waals surface area contributed by atoms with Crippen molar-refractivity contribution >= 4 is 15.9 Å². The Labute approximate surface area is 174 Å². The molecule has 0 spiro atoms. The molecular formula is C23H32N2O3S. The summed E-state index contributed by atoms with van der Waals surface area (Å²) in [6.07, 6.45) is 10.2. The minimum absolute atomic E-state index is 0.0694. The second kappa shape index (κ2) is 7.09. The maximum Gasteiger partial charge on any atom is 0.252 e. The van der Waals surface area contributed by atoms with Crippen LogP contribution in [0.3, 0.4) is 0 Å². The Kier molecular flexibility index (Phi) is 4.78. The van der Waals surface area contributed by atoms with Gasteiger partial charge in [0.15, 0.2) is 0 Å². The summed E-state index contributed by atoms with van der Waals surface area (Å²) in [6, 6.07) is 5.04. The Morgan fingerprint density at radius 2 is 1.59 bits per heavy atom. The lowest BCUT2D eigenvalue weighted by Crippen LogP contribution is -2.59. The van der Waals surface area contributed by atoms with E-state index in [1.807, 2.05) is 6.92 Å². The number of carbonyl (C=O) groups excluding carboxylic acids is 1. The number of nitrogens with zero attached hydrogens (tertiary/aromatic N) is 1. The molecule has 0 aromatic heterocycles. The summed E-state index contributed by atoms with van der Waals surface area (Å²) in [5.41, 5.74) is 1.28. The predicted molar refractivity (Wildman–Crippen MR) is 112 cm³/mol. The highest BCUT2D eigenvalue weighted by molar-refractivity contribution is 7.89. The van der Waals surface area contributed by atoms with Crippen LogP contribution >= 0.6 is 0 Å². The lowest BCUT2D eigenvalue weighted by atomic mass is 9.53. The number of carbonyl (C=O) groups is 1. The number of aryl methyl sites for hydroxylation is 1. The molecule has 6 rings (SSSR count). The van der Waals surface area contributed by atoms with Crippen LogP contribution in [0.5, 0.6) is 0 Å². The quantitative estimate of drug-likeness (QED) is 0.810. The van der Waals surface area contributed by atoms with Gasteiger partial charge in [0.1, 0.15) is 0 Å². The Hall–Kier alpha value is -1.40. The molecule has 4 saturated carbocycles. The lowest BCUT2D eigenvalue weighted by Gasteiger charge is -2.56. The smallest absolute Gasteiger partial charge is 0.252 e. The molecule has 1 saturated heterocycles. The van der Waals surface area contributed by atoms with E-state index in [1.165, 1.54) is 19.3 Å². The molecule has 5 fully saturated rings. The first-order valence-electron chi connectivity index (χ1n) is 11.3. The minimum Gasteiger partial charge on any atom is -0.347 e. The van der Waals surface area contributed by atoms with Gasteiger partial charge in [-0.15, -0.1) is 0 Å². The third-order valence-corrected chi connectivity index (χ3v) is 9.72. The van der Waals surface area contributed by atoms with E-state index in [0.29, 0.717) is 18.7 Å². The number of hydrogen-bond acceptors (Lipinski definition) is 3. The van der Waals surface area contributed by atoms with Gasteiger partial charge in [0, 0.05) is 24.2 Å². The minimum atomic E-state index is -3.53. The second-order valence-corrected chi connectivity index (χ2v) is 12.0. The molecule has 1 N–H and O–H groups in total. The van der Waals surface area contributed by atoms with Crippen LogP contribution in [-0.4, -0.2) is 37.3 Å². The van der Waals surface area contributed by atoms with Gasteiger partial charge in [-0.05, 0) is 93.7 Å². The van der Waals surface area contributed by atoms with Crippen LogP contribution in [-0.2, 0) is 10.0 Å². The Morgan fingerprint density at radius 1 is 1.00 bits per heavy atom. The standard InChI is InChI=1S/C23H32N2O3S/c1-16-5-6-20(29(27,28)25-7-3-2-4-8-25)12-21(16)22(26)24-23-13-17-9-18(14-23)11-19(10-17)15-23/h5-6,12,17-19H,2-4,7-11,13-15H2,1H3,(H,24,26). The fourth-order valence-corrected chi connectivity index (χ4v) is 8.38. The zero-order chi connectivity index (χ0) is 20.2. The highest BCUT2D eigenvalue weighted by Crippen LogP contribution is 2.55. The van der Waals surface area contributed by atoms with Gasteiger partial charge in [0.05, 0.1) is 4.90 Å². The molecule has 1 aliphatic heterocycles. The van der Waals surface area contributed by atoms with Gasteiger partial charge in [0.25, 0.3) is 5.91 Å². The van der Waals surface area contributed by atoms with Crippen LogP contribution in [0, 0.1) is 24.7 Å². The van der Waals surface area contributed by atoms with Gasteiger partial charge in [-0.3, -0.25) is 4.79 Å². The van der Waals surface area contributed by atoms with Crippen LogP contribution in [0.15, 0.2) is 23.1 Å². The van der Waals surface area contributed by atoms with E-state index >= 15 is 0 Å². The average Bonchev–Trinajstić information content (AvgIpc) is 2.67. The van der Waals surface area contributed by atoms with E-state index in [0.717, 1.165) is 61.8 Å². The van der Waals surface area contributed by atoms with Crippen molar-refractivity contribution in [3.05, 3.63) is 29.3 Å². The number of hydrogen-bond donors (Lipinski definition) is 1. The third-order valence-electron chi connectivity index (χ3n) is 7.82. The molecule has 0 atom stereocenters. The molecule has 1 aromatic carbocycles. The van der Waals surface area contributed by atoms with Gasteiger partial charge in [-0.1, -0.05) is 12.5 Å². The molecule has 5 nitrogen and oxygen atoms in total. The molecule has 0 unspecified atom stereocenters. The number of sulfonamides is 1. The van der Waals surface area contributed by atoms with Crippen molar-refractivity contribution in [3.63, 3.8) is 0 Å².